The van der Waals surface area contributed by atoms with E-state index in [-0.39, 0.29) is 12.5 Å². The van der Waals surface area contributed by atoms with Crippen molar-refractivity contribution < 1.29 is 4.79 Å². The molecule has 0 aromatic carbocycles. The predicted octanol–water partition coefficient (Wildman–Crippen LogP) is 1.37. The number of amidine groups is 1. The Morgan fingerprint density at radius 1 is 1.59 bits per heavy atom. The minimum Gasteiger partial charge on any atom is -0.362 e. The van der Waals surface area contributed by atoms with Gasteiger partial charge in [0, 0.05) is 18.3 Å². The highest BCUT2D eigenvalue weighted by Crippen LogP contribution is 2.32. The van der Waals surface area contributed by atoms with Gasteiger partial charge in [0.05, 0.1) is 0 Å². The second-order valence-electron chi connectivity index (χ2n) is 4.72. The van der Waals surface area contributed by atoms with Crippen LogP contribution in [0.2, 0.25) is 0 Å². The van der Waals surface area contributed by atoms with E-state index in [9.17, 15) is 4.79 Å². The van der Waals surface area contributed by atoms with Gasteiger partial charge in [-0.2, -0.15) is 0 Å². The molecule has 1 saturated heterocycles. The van der Waals surface area contributed by atoms with Gasteiger partial charge < -0.3 is 10.6 Å². The molecule has 17 heavy (non-hydrogen) atoms. The fourth-order valence-corrected chi connectivity index (χ4v) is 3.53. The number of nitrogens with one attached hydrogen (secondary N) is 2. The van der Waals surface area contributed by atoms with Crippen LogP contribution in [0.4, 0.5) is 0 Å². The molecular formula is C12H21N3OS. The van der Waals surface area contributed by atoms with Crippen molar-refractivity contribution >= 4 is 22.8 Å². The van der Waals surface area contributed by atoms with Crippen LogP contribution in [0.15, 0.2) is 4.99 Å². The number of rotatable bonds is 4. The van der Waals surface area contributed by atoms with Gasteiger partial charge in [0.1, 0.15) is 6.54 Å². The third-order valence-corrected chi connectivity index (χ3v) is 4.46. The lowest BCUT2D eigenvalue weighted by Gasteiger charge is -2.27. The molecule has 0 spiro atoms. The van der Waals surface area contributed by atoms with Crippen molar-refractivity contribution in [3.8, 4) is 0 Å². The van der Waals surface area contributed by atoms with Crippen LogP contribution < -0.4 is 10.6 Å². The quantitative estimate of drug-likeness (QED) is 0.798. The highest BCUT2D eigenvalue weighted by atomic mass is 32.2. The van der Waals surface area contributed by atoms with E-state index in [0.717, 1.165) is 29.8 Å². The zero-order valence-electron chi connectivity index (χ0n) is 10.4. The monoisotopic (exact) mass is 255 g/mol. The topological polar surface area (TPSA) is 53.5 Å². The molecule has 0 aromatic heterocycles. The van der Waals surface area contributed by atoms with Crippen molar-refractivity contribution in [3.63, 3.8) is 0 Å². The van der Waals surface area contributed by atoms with Crippen molar-refractivity contribution in [3.05, 3.63) is 0 Å². The van der Waals surface area contributed by atoms with E-state index in [2.05, 4.69) is 15.6 Å². The zero-order chi connectivity index (χ0) is 12.1. The predicted molar refractivity (Wildman–Crippen MR) is 72.3 cm³/mol. The van der Waals surface area contributed by atoms with E-state index < -0.39 is 0 Å². The molecule has 2 rings (SSSR count). The third-order valence-electron chi connectivity index (χ3n) is 3.34. The smallest absolute Gasteiger partial charge is 0.241 e. The SMILES string of the molecule is CCCNC(=O)CN=C1NC2CCCC2CS1. The second kappa shape index (κ2) is 6.28. The molecule has 1 aliphatic heterocycles. The highest BCUT2D eigenvalue weighted by Gasteiger charge is 2.31. The van der Waals surface area contributed by atoms with Gasteiger partial charge in [0.2, 0.25) is 5.91 Å². The zero-order valence-corrected chi connectivity index (χ0v) is 11.2. The van der Waals surface area contributed by atoms with Crippen LogP contribution in [0, 0.1) is 5.92 Å². The van der Waals surface area contributed by atoms with E-state index >= 15 is 0 Å². The highest BCUT2D eigenvalue weighted by molar-refractivity contribution is 8.13. The fourth-order valence-electron chi connectivity index (χ4n) is 2.37. The van der Waals surface area contributed by atoms with Crippen LogP contribution >= 0.6 is 11.8 Å². The molecule has 2 N–H and O–H groups in total. The third kappa shape index (κ3) is 3.63. The van der Waals surface area contributed by atoms with Crippen LogP contribution in [0.1, 0.15) is 32.6 Å². The van der Waals surface area contributed by atoms with Crippen LogP contribution in [0.3, 0.4) is 0 Å². The summed E-state index contributed by atoms with van der Waals surface area (Å²) in [5, 5.41) is 7.25. The summed E-state index contributed by atoms with van der Waals surface area (Å²) >= 11 is 1.76. The van der Waals surface area contributed by atoms with Gasteiger partial charge >= 0.3 is 0 Å². The Kier molecular flexibility index (Phi) is 4.71. The van der Waals surface area contributed by atoms with Crippen molar-refractivity contribution in [1.29, 1.82) is 0 Å². The lowest BCUT2D eigenvalue weighted by atomic mass is 10.1. The summed E-state index contributed by atoms with van der Waals surface area (Å²) in [6.45, 7) is 3.05. The fraction of sp³-hybridized carbons (Fsp3) is 0.833. The number of nitrogens with zero attached hydrogens (tertiary/aromatic N) is 1. The first-order chi connectivity index (χ1) is 8.29. The maximum absolute atomic E-state index is 11.4. The molecule has 96 valence electrons. The summed E-state index contributed by atoms with van der Waals surface area (Å²) in [6.07, 6.45) is 4.90. The Morgan fingerprint density at radius 3 is 3.29 bits per heavy atom. The molecule has 2 unspecified atom stereocenters. The second-order valence-corrected chi connectivity index (χ2v) is 5.73. The molecule has 1 heterocycles. The van der Waals surface area contributed by atoms with Crippen LogP contribution in [0.25, 0.3) is 0 Å². The molecule has 1 aliphatic carbocycles. The average molecular weight is 255 g/mol. The lowest BCUT2D eigenvalue weighted by molar-refractivity contribution is -0.119. The summed E-state index contributed by atoms with van der Waals surface area (Å²) in [5.74, 6) is 2.00. The van der Waals surface area contributed by atoms with Gasteiger partial charge in [0.25, 0.3) is 0 Å². The first-order valence-electron chi connectivity index (χ1n) is 6.50. The van der Waals surface area contributed by atoms with E-state index in [1.54, 1.807) is 11.8 Å². The Labute approximate surface area is 107 Å². The largest absolute Gasteiger partial charge is 0.362 e. The van der Waals surface area contributed by atoms with Crippen LogP contribution in [0.5, 0.6) is 0 Å². The molecule has 2 fully saturated rings. The number of aliphatic imine (C=N–C) groups is 1. The minimum absolute atomic E-state index is 0.0234. The summed E-state index contributed by atoms with van der Waals surface area (Å²) < 4.78 is 0. The van der Waals surface area contributed by atoms with E-state index in [0.29, 0.717) is 6.04 Å². The number of amides is 1. The average Bonchev–Trinajstić information content (AvgIpc) is 2.81. The normalized spacial score (nSPS) is 29.8. The standard InChI is InChI=1S/C12H21N3OS/c1-2-6-13-11(16)7-14-12-15-10-5-3-4-9(10)8-17-12/h9-10H,2-8H2,1H3,(H,13,16)(H,14,15). The molecule has 0 radical (unpaired) electrons. The molecule has 1 saturated carbocycles. The van der Waals surface area contributed by atoms with E-state index in [4.69, 9.17) is 0 Å². The van der Waals surface area contributed by atoms with Gasteiger partial charge in [-0.05, 0) is 25.2 Å². The van der Waals surface area contributed by atoms with Gasteiger partial charge in [-0.15, -0.1) is 0 Å². The van der Waals surface area contributed by atoms with Gasteiger partial charge in [-0.1, -0.05) is 25.1 Å². The van der Waals surface area contributed by atoms with Crippen molar-refractivity contribution in [1.82, 2.24) is 10.6 Å². The molecule has 0 bridgehead atoms. The Morgan fingerprint density at radius 2 is 2.47 bits per heavy atom. The molecule has 4 nitrogen and oxygen atoms in total. The number of fused-ring (bicyclic) bond motifs is 1. The number of carbonyl (C=O) groups excluding carboxylic acids is 1. The summed E-state index contributed by atoms with van der Waals surface area (Å²) in [4.78, 5) is 15.8. The van der Waals surface area contributed by atoms with Gasteiger partial charge in [-0.25, -0.2) is 0 Å². The summed E-state index contributed by atoms with van der Waals surface area (Å²) in [5.41, 5.74) is 0. The minimum atomic E-state index is 0.0234. The molecule has 0 aromatic rings. The van der Waals surface area contributed by atoms with Gasteiger partial charge in [-0.3, -0.25) is 9.79 Å². The molecule has 2 atom stereocenters. The van der Waals surface area contributed by atoms with Crippen LogP contribution in [-0.2, 0) is 4.79 Å². The Balaban J connectivity index is 1.76. The molecule has 1 amide bonds. The number of hydrogen-bond acceptors (Lipinski definition) is 3. The first kappa shape index (κ1) is 12.7. The van der Waals surface area contributed by atoms with Crippen molar-refractivity contribution in [2.75, 3.05) is 18.8 Å². The molecule has 5 heteroatoms. The summed E-state index contributed by atoms with van der Waals surface area (Å²) in [6, 6.07) is 0.605. The maximum Gasteiger partial charge on any atom is 0.241 e. The first-order valence-corrected chi connectivity index (χ1v) is 7.48. The number of hydrogen-bond donors (Lipinski definition) is 2. The Hall–Kier alpha value is -0.710. The van der Waals surface area contributed by atoms with Crippen LogP contribution in [-0.4, -0.2) is 36.0 Å². The lowest BCUT2D eigenvalue weighted by Crippen LogP contribution is -2.42. The molecular weight excluding hydrogens is 234 g/mol. The van der Waals surface area contributed by atoms with Gasteiger partial charge in [0.15, 0.2) is 5.17 Å². The van der Waals surface area contributed by atoms with E-state index in [1.165, 1.54) is 19.3 Å². The summed E-state index contributed by atoms with van der Waals surface area (Å²) in [7, 11) is 0. The van der Waals surface area contributed by atoms with Crippen molar-refractivity contribution in [2.45, 2.75) is 38.6 Å². The van der Waals surface area contributed by atoms with Crippen molar-refractivity contribution in [2.24, 2.45) is 10.9 Å². The van der Waals surface area contributed by atoms with E-state index in [1.807, 2.05) is 6.92 Å². The maximum atomic E-state index is 11.4. The molecule has 2 aliphatic rings. The Bertz CT molecular complexity index is 306. The number of thioether (sulfide) groups is 1. The number of carbonyl (C=O) groups is 1.